The minimum Gasteiger partial charge on any atom is -0.444 e. The first-order valence-corrected chi connectivity index (χ1v) is 11.8. The summed E-state index contributed by atoms with van der Waals surface area (Å²) < 4.78 is 5.52. The van der Waals surface area contributed by atoms with Crippen molar-refractivity contribution < 1.29 is 14.3 Å². The largest absolute Gasteiger partial charge is 0.444 e. The molecule has 0 radical (unpaired) electrons. The van der Waals surface area contributed by atoms with Crippen LogP contribution in [0.4, 0.5) is 4.79 Å². The Bertz CT molecular complexity index is 601. The lowest BCUT2D eigenvalue weighted by Gasteiger charge is -2.45. The van der Waals surface area contributed by atoms with Gasteiger partial charge in [0, 0.05) is 50.7 Å². The second kappa shape index (κ2) is 8.44. The van der Waals surface area contributed by atoms with Gasteiger partial charge in [0.25, 0.3) is 0 Å². The predicted octanol–water partition coefficient (Wildman–Crippen LogP) is 3.64. The molecule has 4 rings (SSSR count). The summed E-state index contributed by atoms with van der Waals surface area (Å²) in [5, 5.41) is 0. The molecule has 0 bridgehead atoms. The second-order valence-corrected chi connectivity index (χ2v) is 10.6. The van der Waals surface area contributed by atoms with Crippen LogP contribution in [0.15, 0.2) is 0 Å². The summed E-state index contributed by atoms with van der Waals surface area (Å²) in [6.45, 7) is 9.50. The molecule has 2 amide bonds. The summed E-state index contributed by atoms with van der Waals surface area (Å²) in [4.78, 5) is 31.8. The third kappa shape index (κ3) is 4.73. The first-order valence-electron chi connectivity index (χ1n) is 11.8. The van der Waals surface area contributed by atoms with Crippen LogP contribution in [-0.4, -0.2) is 76.6 Å². The lowest BCUT2D eigenvalue weighted by atomic mass is 9.84. The molecule has 0 aromatic rings. The smallest absolute Gasteiger partial charge is 0.410 e. The molecule has 0 aromatic heterocycles. The molecule has 0 N–H and O–H groups in total. The van der Waals surface area contributed by atoms with Crippen LogP contribution < -0.4 is 0 Å². The molecule has 3 aliphatic heterocycles. The molecule has 6 nitrogen and oxygen atoms in total. The third-order valence-electron chi connectivity index (χ3n) is 7.48. The van der Waals surface area contributed by atoms with Crippen LogP contribution in [0.25, 0.3) is 0 Å². The fraction of sp³-hybridized carbons (Fsp3) is 0.913. The van der Waals surface area contributed by atoms with E-state index in [1.165, 1.54) is 25.7 Å². The molecule has 4 aliphatic rings. The SMILES string of the molecule is CC(C)(C)OC(=O)N1CCC(N2CCC(N3C(=O)C[C@@H]4CCCC[C@H]43)CC2)CC1. The summed E-state index contributed by atoms with van der Waals surface area (Å²) in [6.07, 6.45) is 9.97. The van der Waals surface area contributed by atoms with Gasteiger partial charge in [-0.1, -0.05) is 12.8 Å². The van der Waals surface area contributed by atoms with E-state index in [-0.39, 0.29) is 6.09 Å². The maximum Gasteiger partial charge on any atom is 0.410 e. The monoisotopic (exact) mass is 405 g/mol. The van der Waals surface area contributed by atoms with Crippen molar-refractivity contribution in [3.05, 3.63) is 0 Å². The average Bonchev–Trinajstić information content (AvgIpc) is 3.02. The highest BCUT2D eigenvalue weighted by Gasteiger charge is 2.44. The van der Waals surface area contributed by atoms with Crippen LogP contribution in [0.3, 0.4) is 0 Å². The summed E-state index contributed by atoms with van der Waals surface area (Å²) in [5.41, 5.74) is -0.430. The summed E-state index contributed by atoms with van der Waals surface area (Å²) in [7, 11) is 0. The van der Waals surface area contributed by atoms with Gasteiger partial charge in [-0.05, 0) is 65.2 Å². The molecule has 1 saturated carbocycles. The van der Waals surface area contributed by atoms with Crippen molar-refractivity contribution in [1.82, 2.24) is 14.7 Å². The van der Waals surface area contributed by atoms with Crippen LogP contribution in [0, 0.1) is 5.92 Å². The van der Waals surface area contributed by atoms with Gasteiger partial charge in [0.05, 0.1) is 0 Å². The number of carbonyl (C=O) groups excluding carboxylic acids is 2. The maximum atomic E-state index is 12.7. The first kappa shape index (κ1) is 21.0. The van der Waals surface area contributed by atoms with E-state index in [2.05, 4.69) is 9.80 Å². The van der Waals surface area contributed by atoms with Crippen molar-refractivity contribution in [3.8, 4) is 0 Å². The molecular weight excluding hydrogens is 366 g/mol. The number of rotatable bonds is 2. The number of ether oxygens (including phenoxy) is 1. The Morgan fingerprint density at radius 2 is 1.52 bits per heavy atom. The molecular formula is C23H39N3O3. The number of piperidine rings is 2. The standard InChI is InChI=1S/C23H39N3O3/c1-23(2,3)29-22(28)25-14-8-18(9-15-25)24-12-10-19(11-13-24)26-20-7-5-4-6-17(20)16-21(26)27/h17-20H,4-16H2,1-3H3/t17-,20+/m0/s1. The van der Waals surface area contributed by atoms with E-state index in [1.807, 2.05) is 25.7 Å². The van der Waals surface area contributed by atoms with E-state index >= 15 is 0 Å². The normalized spacial score (nSPS) is 30.5. The van der Waals surface area contributed by atoms with Gasteiger partial charge in [-0.2, -0.15) is 0 Å². The fourth-order valence-corrected chi connectivity index (χ4v) is 6.05. The lowest BCUT2D eigenvalue weighted by molar-refractivity contribution is -0.132. The Balaban J connectivity index is 1.24. The van der Waals surface area contributed by atoms with Crippen molar-refractivity contribution in [2.45, 2.75) is 102 Å². The number of nitrogens with zero attached hydrogens (tertiary/aromatic N) is 3. The van der Waals surface area contributed by atoms with E-state index in [4.69, 9.17) is 4.74 Å². The number of hydrogen-bond donors (Lipinski definition) is 0. The van der Waals surface area contributed by atoms with Gasteiger partial charge in [0.15, 0.2) is 0 Å². The van der Waals surface area contributed by atoms with Crippen molar-refractivity contribution in [2.24, 2.45) is 5.92 Å². The van der Waals surface area contributed by atoms with Crippen LogP contribution in [0.5, 0.6) is 0 Å². The number of hydrogen-bond acceptors (Lipinski definition) is 4. The predicted molar refractivity (Wildman–Crippen MR) is 113 cm³/mol. The fourth-order valence-electron chi connectivity index (χ4n) is 6.05. The van der Waals surface area contributed by atoms with Crippen LogP contribution >= 0.6 is 0 Å². The topological polar surface area (TPSA) is 53.1 Å². The molecule has 4 fully saturated rings. The average molecular weight is 406 g/mol. The molecule has 0 spiro atoms. The lowest BCUT2D eigenvalue weighted by Crippen LogP contribution is -2.53. The number of likely N-dealkylation sites (tertiary alicyclic amines) is 3. The highest BCUT2D eigenvalue weighted by atomic mass is 16.6. The summed E-state index contributed by atoms with van der Waals surface area (Å²) in [6, 6.07) is 1.55. The zero-order valence-electron chi connectivity index (χ0n) is 18.6. The van der Waals surface area contributed by atoms with E-state index in [9.17, 15) is 9.59 Å². The van der Waals surface area contributed by atoms with Crippen molar-refractivity contribution in [3.63, 3.8) is 0 Å². The second-order valence-electron chi connectivity index (χ2n) is 10.6. The Morgan fingerprint density at radius 1 is 0.897 bits per heavy atom. The molecule has 164 valence electrons. The van der Waals surface area contributed by atoms with Gasteiger partial charge in [-0.3, -0.25) is 4.79 Å². The molecule has 0 aromatic carbocycles. The van der Waals surface area contributed by atoms with Gasteiger partial charge >= 0.3 is 6.09 Å². The van der Waals surface area contributed by atoms with E-state index in [0.717, 1.165) is 58.3 Å². The quantitative estimate of drug-likeness (QED) is 0.704. The summed E-state index contributed by atoms with van der Waals surface area (Å²) in [5.74, 6) is 1.05. The van der Waals surface area contributed by atoms with Gasteiger partial charge in [-0.15, -0.1) is 0 Å². The molecule has 1 aliphatic carbocycles. The molecule has 2 atom stereocenters. The van der Waals surface area contributed by atoms with E-state index in [0.29, 0.717) is 30.0 Å². The van der Waals surface area contributed by atoms with Crippen molar-refractivity contribution in [1.29, 1.82) is 0 Å². The van der Waals surface area contributed by atoms with Crippen LogP contribution in [-0.2, 0) is 9.53 Å². The molecule has 6 heteroatoms. The molecule has 3 heterocycles. The first-order chi connectivity index (χ1) is 13.8. The number of fused-ring (bicyclic) bond motifs is 1. The Kier molecular flexibility index (Phi) is 6.10. The minimum atomic E-state index is -0.430. The van der Waals surface area contributed by atoms with Crippen LogP contribution in [0.1, 0.15) is 78.6 Å². The molecule has 0 unspecified atom stereocenters. The van der Waals surface area contributed by atoms with Gasteiger partial charge in [-0.25, -0.2) is 4.79 Å². The zero-order chi connectivity index (χ0) is 20.6. The Labute approximate surface area is 175 Å². The van der Waals surface area contributed by atoms with E-state index in [1.54, 1.807) is 0 Å². The highest BCUT2D eigenvalue weighted by Crippen LogP contribution is 2.39. The molecule has 3 saturated heterocycles. The van der Waals surface area contributed by atoms with Crippen molar-refractivity contribution >= 4 is 12.0 Å². The number of amides is 2. The summed E-state index contributed by atoms with van der Waals surface area (Å²) >= 11 is 0. The third-order valence-corrected chi connectivity index (χ3v) is 7.48. The Hall–Kier alpha value is -1.30. The van der Waals surface area contributed by atoms with Crippen LogP contribution in [0.2, 0.25) is 0 Å². The number of carbonyl (C=O) groups is 2. The Morgan fingerprint density at radius 3 is 2.17 bits per heavy atom. The van der Waals surface area contributed by atoms with Gasteiger partial charge in [0.1, 0.15) is 5.60 Å². The van der Waals surface area contributed by atoms with Gasteiger partial charge < -0.3 is 19.4 Å². The van der Waals surface area contributed by atoms with Crippen molar-refractivity contribution in [2.75, 3.05) is 26.2 Å². The minimum absolute atomic E-state index is 0.177. The maximum absolute atomic E-state index is 12.7. The van der Waals surface area contributed by atoms with Gasteiger partial charge in [0.2, 0.25) is 5.91 Å². The highest BCUT2D eigenvalue weighted by molar-refractivity contribution is 5.79. The molecule has 29 heavy (non-hydrogen) atoms. The zero-order valence-corrected chi connectivity index (χ0v) is 18.6. The van der Waals surface area contributed by atoms with E-state index < -0.39 is 5.60 Å².